The molecule has 1 aliphatic rings. The first-order valence-electron chi connectivity index (χ1n) is 6.37. The molecule has 0 radical (unpaired) electrons. The lowest BCUT2D eigenvalue weighted by molar-refractivity contribution is -0.00822. The van der Waals surface area contributed by atoms with Gasteiger partial charge in [-0.15, -0.1) is 0 Å². The average molecular weight is 234 g/mol. The number of nitrogens with two attached hydrogens (primary N) is 1. The second-order valence-corrected chi connectivity index (χ2v) is 4.89. The fraction of sp³-hybridized carbons (Fsp3) is 0.571. The Kier molecular flexibility index (Phi) is 4.15. The Morgan fingerprint density at radius 2 is 2.12 bits per heavy atom. The van der Waals surface area contributed by atoms with Crippen LogP contribution in [0, 0.1) is 13.8 Å². The predicted octanol–water partition coefficient (Wildman–Crippen LogP) is 2.38. The van der Waals surface area contributed by atoms with Crippen LogP contribution in [0.15, 0.2) is 18.2 Å². The minimum atomic E-state index is 0.106. The largest absolute Gasteiger partial charge is 0.376 e. The Balaban J connectivity index is 2.18. The SMILES string of the molecule is Cc1ccc(C(NN)C2CCCCO2)cc1C. The molecule has 0 amide bonds. The Bertz CT molecular complexity index is 372. The normalized spacial score (nSPS) is 22.4. The van der Waals surface area contributed by atoms with Crippen molar-refractivity contribution in [1.82, 2.24) is 5.43 Å². The van der Waals surface area contributed by atoms with E-state index in [1.54, 1.807) is 0 Å². The molecule has 2 unspecified atom stereocenters. The van der Waals surface area contributed by atoms with E-state index >= 15 is 0 Å². The van der Waals surface area contributed by atoms with Crippen LogP contribution in [0.5, 0.6) is 0 Å². The summed E-state index contributed by atoms with van der Waals surface area (Å²) in [6, 6.07) is 6.61. The molecule has 0 aromatic heterocycles. The predicted molar refractivity (Wildman–Crippen MR) is 69.6 cm³/mol. The molecule has 3 nitrogen and oxygen atoms in total. The van der Waals surface area contributed by atoms with Gasteiger partial charge < -0.3 is 4.74 Å². The molecule has 3 N–H and O–H groups in total. The fourth-order valence-corrected chi connectivity index (χ4v) is 2.40. The second-order valence-electron chi connectivity index (χ2n) is 4.89. The van der Waals surface area contributed by atoms with Crippen molar-refractivity contribution < 1.29 is 4.74 Å². The van der Waals surface area contributed by atoms with E-state index in [2.05, 4.69) is 37.5 Å². The third kappa shape index (κ3) is 2.86. The summed E-state index contributed by atoms with van der Waals surface area (Å²) in [6.45, 7) is 5.11. The number of aryl methyl sites for hydroxylation is 2. The zero-order valence-electron chi connectivity index (χ0n) is 10.7. The summed E-state index contributed by atoms with van der Waals surface area (Å²) >= 11 is 0. The van der Waals surface area contributed by atoms with Gasteiger partial charge in [-0.3, -0.25) is 11.3 Å². The molecule has 2 rings (SSSR count). The molecule has 1 saturated heterocycles. The van der Waals surface area contributed by atoms with Crippen molar-refractivity contribution in [1.29, 1.82) is 0 Å². The van der Waals surface area contributed by atoms with Crippen molar-refractivity contribution in [2.45, 2.75) is 45.3 Å². The van der Waals surface area contributed by atoms with Crippen LogP contribution in [0.1, 0.15) is 42.0 Å². The van der Waals surface area contributed by atoms with E-state index < -0.39 is 0 Å². The Morgan fingerprint density at radius 1 is 1.29 bits per heavy atom. The van der Waals surface area contributed by atoms with Crippen LogP contribution in [0.4, 0.5) is 0 Å². The molecule has 1 aromatic carbocycles. The first-order valence-corrected chi connectivity index (χ1v) is 6.37. The number of hydrogen-bond acceptors (Lipinski definition) is 3. The number of rotatable bonds is 3. The first-order chi connectivity index (χ1) is 8.22. The van der Waals surface area contributed by atoms with E-state index in [9.17, 15) is 0 Å². The Labute approximate surface area is 103 Å². The molecule has 0 bridgehead atoms. The zero-order chi connectivity index (χ0) is 12.3. The van der Waals surface area contributed by atoms with Crippen LogP contribution >= 0.6 is 0 Å². The number of hydrazine groups is 1. The van der Waals surface area contributed by atoms with Gasteiger partial charge in [0.05, 0.1) is 12.1 Å². The number of hydrogen-bond donors (Lipinski definition) is 2. The van der Waals surface area contributed by atoms with Crippen LogP contribution in [0.2, 0.25) is 0 Å². The minimum absolute atomic E-state index is 0.106. The molecule has 0 aliphatic carbocycles. The van der Waals surface area contributed by atoms with Crippen LogP contribution in [0.3, 0.4) is 0 Å². The van der Waals surface area contributed by atoms with Crippen molar-refractivity contribution in [3.63, 3.8) is 0 Å². The smallest absolute Gasteiger partial charge is 0.0782 e. The fourth-order valence-electron chi connectivity index (χ4n) is 2.40. The van der Waals surface area contributed by atoms with Crippen LogP contribution in [-0.4, -0.2) is 12.7 Å². The third-order valence-electron chi connectivity index (χ3n) is 3.66. The van der Waals surface area contributed by atoms with Crippen molar-refractivity contribution in [3.8, 4) is 0 Å². The maximum atomic E-state index is 5.81. The van der Waals surface area contributed by atoms with Gasteiger partial charge in [0, 0.05) is 6.61 Å². The summed E-state index contributed by atoms with van der Waals surface area (Å²) in [6.07, 6.45) is 3.69. The van der Waals surface area contributed by atoms with E-state index in [1.165, 1.54) is 29.5 Å². The molecule has 1 fully saturated rings. The molecule has 1 heterocycles. The standard InChI is InChI=1S/C14H22N2O/c1-10-6-7-12(9-11(10)2)14(16-15)13-5-3-4-8-17-13/h6-7,9,13-14,16H,3-5,8,15H2,1-2H3. The monoisotopic (exact) mass is 234 g/mol. The van der Waals surface area contributed by atoms with Gasteiger partial charge >= 0.3 is 0 Å². The van der Waals surface area contributed by atoms with Gasteiger partial charge in [0.1, 0.15) is 0 Å². The zero-order valence-corrected chi connectivity index (χ0v) is 10.7. The Hall–Kier alpha value is -0.900. The second kappa shape index (κ2) is 5.63. The molecule has 94 valence electrons. The van der Waals surface area contributed by atoms with Gasteiger partial charge in [-0.1, -0.05) is 18.2 Å². The van der Waals surface area contributed by atoms with E-state index in [1.807, 2.05) is 0 Å². The van der Waals surface area contributed by atoms with Gasteiger partial charge in [0.15, 0.2) is 0 Å². The molecule has 17 heavy (non-hydrogen) atoms. The lowest BCUT2D eigenvalue weighted by Gasteiger charge is -2.30. The highest BCUT2D eigenvalue weighted by Crippen LogP contribution is 2.27. The van der Waals surface area contributed by atoms with E-state index in [-0.39, 0.29) is 12.1 Å². The molecule has 2 atom stereocenters. The van der Waals surface area contributed by atoms with Gasteiger partial charge in [0.25, 0.3) is 0 Å². The summed E-state index contributed by atoms with van der Waals surface area (Å²) in [5.74, 6) is 5.69. The molecular formula is C14H22N2O. The van der Waals surface area contributed by atoms with E-state index in [4.69, 9.17) is 10.6 Å². The highest BCUT2D eigenvalue weighted by atomic mass is 16.5. The highest BCUT2D eigenvalue weighted by Gasteiger charge is 2.25. The Morgan fingerprint density at radius 3 is 2.71 bits per heavy atom. The molecule has 1 aliphatic heterocycles. The molecule has 3 heteroatoms. The maximum absolute atomic E-state index is 5.81. The third-order valence-corrected chi connectivity index (χ3v) is 3.66. The molecule has 0 spiro atoms. The number of benzene rings is 1. The summed E-state index contributed by atoms with van der Waals surface area (Å²) in [4.78, 5) is 0. The van der Waals surface area contributed by atoms with Crippen molar-refractivity contribution >= 4 is 0 Å². The van der Waals surface area contributed by atoms with Gasteiger partial charge in [-0.05, 0) is 49.8 Å². The topological polar surface area (TPSA) is 47.3 Å². The number of nitrogens with one attached hydrogen (secondary N) is 1. The van der Waals surface area contributed by atoms with Crippen LogP contribution in [-0.2, 0) is 4.74 Å². The lowest BCUT2D eigenvalue weighted by atomic mass is 9.94. The maximum Gasteiger partial charge on any atom is 0.0782 e. The lowest BCUT2D eigenvalue weighted by Crippen LogP contribution is -2.39. The first kappa shape index (κ1) is 12.6. The van der Waals surface area contributed by atoms with Crippen molar-refractivity contribution in [2.24, 2.45) is 5.84 Å². The summed E-state index contributed by atoms with van der Waals surface area (Å²) in [5, 5.41) is 0. The van der Waals surface area contributed by atoms with Gasteiger partial charge in [-0.2, -0.15) is 0 Å². The summed E-state index contributed by atoms with van der Waals surface area (Å²) in [5.41, 5.74) is 6.75. The highest BCUT2D eigenvalue weighted by molar-refractivity contribution is 5.32. The van der Waals surface area contributed by atoms with Crippen molar-refractivity contribution in [2.75, 3.05) is 6.61 Å². The summed E-state index contributed by atoms with van der Waals surface area (Å²) in [7, 11) is 0. The van der Waals surface area contributed by atoms with Gasteiger partial charge in [0.2, 0.25) is 0 Å². The minimum Gasteiger partial charge on any atom is -0.376 e. The molecule has 0 saturated carbocycles. The quantitative estimate of drug-likeness (QED) is 0.623. The van der Waals surface area contributed by atoms with Crippen LogP contribution < -0.4 is 11.3 Å². The molecule has 1 aromatic rings. The number of ether oxygens (including phenoxy) is 1. The van der Waals surface area contributed by atoms with E-state index in [0.717, 1.165) is 13.0 Å². The average Bonchev–Trinajstić information content (AvgIpc) is 2.36. The van der Waals surface area contributed by atoms with E-state index in [0.29, 0.717) is 0 Å². The molecular weight excluding hydrogens is 212 g/mol. The summed E-state index contributed by atoms with van der Waals surface area (Å²) < 4.78 is 5.81. The van der Waals surface area contributed by atoms with Gasteiger partial charge in [-0.25, -0.2) is 0 Å². The van der Waals surface area contributed by atoms with Crippen LogP contribution in [0.25, 0.3) is 0 Å². The van der Waals surface area contributed by atoms with Crippen molar-refractivity contribution in [3.05, 3.63) is 34.9 Å².